The van der Waals surface area contributed by atoms with Gasteiger partial charge in [0.15, 0.2) is 0 Å². The third-order valence-corrected chi connectivity index (χ3v) is 4.35. The molecule has 0 aliphatic carbocycles. The van der Waals surface area contributed by atoms with Gasteiger partial charge in [-0.15, -0.1) is 0 Å². The van der Waals surface area contributed by atoms with Gasteiger partial charge in [0, 0.05) is 0 Å². The molecule has 0 spiro atoms. The summed E-state index contributed by atoms with van der Waals surface area (Å²) < 4.78 is 24.3. The first-order valence-electron chi connectivity index (χ1n) is 4.80. The number of sulfone groups is 1. The third kappa shape index (κ3) is 2.28. The van der Waals surface area contributed by atoms with Gasteiger partial charge < -0.3 is 5.11 Å². The first kappa shape index (κ1) is 12.0. The molecule has 17 heavy (non-hydrogen) atoms. The van der Waals surface area contributed by atoms with Crippen molar-refractivity contribution in [1.82, 2.24) is 0 Å². The zero-order chi connectivity index (χ0) is 12.5. The Kier molecular flexibility index (Phi) is 3.09. The fraction of sp³-hybridized carbons (Fsp3) is 0. The van der Waals surface area contributed by atoms with Gasteiger partial charge in [0.1, 0.15) is 5.75 Å². The molecule has 2 aromatic rings. The molecule has 0 aliphatic rings. The van der Waals surface area contributed by atoms with E-state index in [2.05, 4.69) is 0 Å². The lowest BCUT2D eigenvalue weighted by molar-refractivity contribution is 0.475. The zero-order valence-electron chi connectivity index (χ0n) is 8.67. The fourth-order valence-corrected chi connectivity index (χ4v) is 2.94. The number of hydrogen-bond acceptors (Lipinski definition) is 3. The van der Waals surface area contributed by atoms with Crippen LogP contribution in [0, 0.1) is 0 Å². The van der Waals surface area contributed by atoms with E-state index in [4.69, 9.17) is 11.6 Å². The van der Waals surface area contributed by atoms with E-state index in [9.17, 15) is 13.5 Å². The molecule has 0 aliphatic heterocycles. The monoisotopic (exact) mass is 268 g/mol. The van der Waals surface area contributed by atoms with E-state index in [-0.39, 0.29) is 20.6 Å². The van der Waals surface area contributed by atoms with Crippen LogP contribution in [0.3, 0.4) is 0 Å². The first-order valence-corrected chi connectivity index (χ1v) is 6.66. The lowest BCUT2D eigenvalue weighted by Gasteiger charge is -2.05. The second-order valence-corrected chi connectivity index (χ2v) is 5.79. The van der Waals surface area contributed by atoms with Gasteiger partial charge in [0.2, 0.25) is 9.84 Å². The number of benzene rings is 2. The largest absolute Gasteiger partial charge is 0.506 e. The number of phenols is 1. The molecule has 88 valence electrons. The van der Waals surface area contributed by atoms with E-state index >= 15 is 0 Å². The van der Waals surface area contributed by atoms with E-state index in [0.29, 0.717) is 0 Å². The molecule has 0 unspecified atom stereocenters. The van der Waals surface area contributed by atoms with Crippen molar-refractivity contribution in [2.24, 2.45) is 0 Å². The highest BCUT2D eigenvalue weighted by molar-refractivity contribution is 7.91. The molecule has 0 fully saturated rings. The van der Waals surface area contributed by atoms with Crippen LogP contribution >= 0.6 is 11.6 Å². The van der Waals surface area contributed by atoms with E-state index in [0.717, 1.165) is 0 Å². The molecular weight excluding hydrogens is 260 g/mol. The molecule has 3 nitrogen and oxygen atoms in total. The standard InChI is InChI=1S/C12H9ClO3S/c13-11-8-10(6-7-12(11)14)17(15,16)9-4-2-1-3-5-9/h1-8,14H. The Hall–Kier alpha value is -1.52. The number of hydrogen-bond donors (Lipinski definition) is 1. The quantitative estimate of drug-likeness (QED) is 0.911. The summed E-state index contributed by atoms with van der Waals surface area (Å²) in [5.41, 5.74) is 0. The zero-order valence-corrected chi connectivity index (χ0v) is 10.2. The van der Waals surface area contributed by atoms with Gasteiger partial charge >= 0.3 is 0 Å². The van der Waals surface area contributed by atoms with Crippen LogP contribution in [0.25, 0.3) is 0 Å². The van der Waals surface area contributed by atoms with Gasteiger partial charge in [-0.3, -0.25) is 0 Å². The topological polar surface area (TPSA) is 54.4 Å². The minimum Gasteiger partial charge on any atom is -0.506 e. The van der Waals surface area contributed by atoms with Crippen molar-refractivity contribution in [2.45, 2.75) is 9.79 Å². The molecule has 0 saturated carbocycles. The average molecular weight is 269 g/mol. The minimum absolute atomic E-state index is 0.0157. The van der Waals surface area contributed by atoms with Crippen LogP contribution in [0.5, 0.6) is 5.75 Å². The van der Waals surface area contributed by atoms with E-state index < -0.39 is 9.84 Å². The summed E-state index contributed by atoms with van der Waals surface area (Å²) in [6, 6.07) is 11.9. The van der Waals surface area contributed by atoms with Crippen LogP contribution in [0.15, 0.2) is 58.3 Å². The number of phenolic OH excluding ortho intramolecular Hbond substituents is 1. The van der Waals surface area contributed by atoms with E-state index in [1.54, 1.807) is 18.2 Å². The Morgan fingerprint density at radius 3 is 2.18 bits per heavy atom. The Morgan fingerprint density at radius 2 is 1.59 bits per heavy atom. The van der Waals surface area contributed by atoms with Crippen molar-refractivity contribution in [3.8, 4) is 5.75 Å². The molecule has 0 amide bonds. The van der Waals surface area contributed by atoms with Crippen molar-refractivity contribution < 1.29 is 13.5 Å². The number of rotatable bonds is 2. The number of halogens is 1. The molecule has 0 saturated heterocycles. The summed E-state index contributed by atoms with van der Waals surface area (Å²) in [6.45, 7) is 0. The average Bonchev–Trinajstić information content (AvgIpc) is 2.33. The highest BCUT2D eigenvalue weighted by Gasteiger charge is 2.18. The van der Waals surface area contributed by atoms with Crippen molar-refractivity contribution in [1.29, 1.82) is 0 Å². The summed E-state index contributed by atoms with van der Waals surface area (Å²) in [4.78, 5) is 0.258. The molecule has 2 aromatic carbocycles. The van der Waals surface area contributed by atoms with Crippen LogP contribution in [-0.4, -0.2) is 13.5 Å². The predicted molar refractivity (Wildman–Crippen MR) is 65.0 cm³/mol. The highest BCUT2D eigenvalue weighted by atomic mass is 35.5. The molecule has 2 rings (SSSR count). The van der Waals surface area contributed by atoms with Gasteiger partial charge in [-0.25, -0.2) is 8.42 Å². The summed E-state index contributed by atoms with van der Waals surface area (Å²) in [7, 11) is -3.57. The van der Waals surface area contributed by atoms with Crippen LogP contribution in [0.2, 0.25) is 5.02 Å². The van der Waals surface area contributed by atoms with Crippen molar-refractivity contribution in [3.63, 3.8) is 0 Å². The molecule has 5 heteroatoms. The van der Waals surface area contributed by atoms with Crippen molar-refractivity contribution in [3.05, 3.63) is 53.6 Å². The van der Waals surface area contributed by atoms with Crippen LogP contribution in [0.4, 0.5) is 0 Å². The summed E-state index contributed by atoms with van der Waals surface area (Å²) in [5, 5.41) is 9.27. The Bertz CT molecular complexity index is 636. The van der Waals surface area contributed by atoms with Gasteiger partial charge in [-0.05, 0) is 30.3 Å². The highest BCUT2D eigenvalue weighted by Crippen LogP contribution is 2.28. The van der Waals surface area contributed by atoms with Gasteiger partial charge in [-0.1, -0.05) is 29.8 Å². The molecule has 0 aromatic heterocycles. The molecule has 1 N–H and O–H groups in total. The lowest BCUT2D eigenvalue weighted by atomic mass is 10.3. The maximum absolute atomic E-state index is 12.2. The number of aromatic hydroxyl groups is 1. The summed E-state index contributed by atoms with van der Waals surface area (Å²) in [6.07, 6.45) is 0. The normalized spacial score (nSPS) is 11.4. The second-order valence-electron chi connectivity index (χ2n) is 3.43. The maximum atomic E-state index is 12.2. The first-order chi connectivity index (χ1) is 8.01. The van der Waals surface area contributed by atoms with Gasteiger partial charge in [-0.2, -0.15) is 0 Å². The van der Waals surface area contributed by atoms with Crippen LogP contribution < -0.4 is 0 Å². The Morgan fingerprint density at radius 1 is 0.941 bits per heavy atom. The Labute approximate surface area is 104 Å². The van der Waals surface area contributed by atoms with Gasteiger partial charge in [0.25, 0.3) is 0 Å². The lowest BCUT2D eigenvalue weighted by Crippen LogP contribution is -2.01. The van der Waals surface area contributed by atoms with Crippen molar-refractivity contribution >= 4 is 21.4 Å². The minimum atomic E-state index is -3.57. The summed E-state index contributed by atoms with van der Waals surface area (Å²) >= 11 is 5.69. The maximum Gasteiger partial charge on any atom is 0.206 e. The predicted octanol–water partition coefficient (Wildman–Crippen LogP) is 2.88. The van der Waals surface area contributed by atoms with E-state index in [1.165, 1.54) is 30.3 Å². The molecular formula is C12H9ClO3S. The Balaban J connectivity index is 2.57. The van der Waals surface area contributed by atoms with E-state index in [1.807, 2.05) is 0 Å². The van der Waals surface area contributed by atoms with Crippen LogP contribution in [0.1, 0.15) is 0 Å². The second kappa shape index (κ2) is 4.39. The fourth-order valence-electron chi connectivity index (χ4n) is 1.39. The van der Waals surface area contributed by atoms with Crippen LogP contribution in [-0.2, 0) is 9.84 Å². The SMILES string of the molecule is O=S(=O)(c1ccccc1)c1ccc(O)c(Cl)c1. The third-order valence-electron chi connectivity index (χ3n) is 2.28. The molecule has 0 bridgehead atoms. The van der Waals surface area contributed by atoms with Gasteiger partial charge in [0.05, 0.1) is 14.8 Å². The molecule has 0 atom stereocenters. The smallest absolute Gasteiger partial charge is 0.206 e. The molecule has 0 heterocycles. The summed E-state index contributed by atoms with van der Waals surface area (Å²) in [5.74, 6) is -0.140. The van der Waals surface area contributed by atoms with Crippen molar-refractivity contribution in [2.75, 3.05) is 0 Å². The molecule has 0 radical (unpaired) electrons.